The topological polar surface area (TPSA) is 33.7 Å². The van der Waals surface area contributed by atoms with Crippen molar-refractivity contribution < 1.29 is 18.3 Å². The molecule has 0 saturated carbocycles. The first-order valence-electron chi connectivity index (χ1n) is 7.85. The number of para-hydroxylation sites is 1. The van der Waals surface area contributed by atoms with Crippen molar-refractivity contribution in [2.75, 3.05) is 26.2 Å². The number of benzene rings is 1. The zero-order valence-electron chi connectivity index (χ0n) is 12.9. The monoisotopic (exact) mass is 312 g/mol. The van der Waals surface area contributed by atoms with Gasteiger partial charge in [0, 0.05) is 37.8 Å². The van der Waals surface area contributed by atoms with Crippen LogP contribution in [0.3, 0.4) is 0 Å². The van der Waals surface area contributed by atoms with Gasteiger partial charge in [-0.15, -0.1) is 8.78 Å². The fourth-order valence-corrected chi connectivity index (χ4v) is 3.27. The maximum Gasteiger partial charge on any atom is 0.586 e. The van der Waals surface area contributed by atoms with Gasteiger partial charge in [0.2, 0.25) is 0 Å². The van der Waals surface area contributed by atoms with Gasteiger partial charge in [0.1, 0.15) is 0 Å². The molecule has 0 bridgehead atoms. The van der Waals surface area contributed by atoms with Gasteiger partial charge in [-0.2, -0.15) is 0 Å². The van der Waals surface area contributed by atoms with Gasteiger partial charge in [-0.1, -0.05) is 32.4 Å². The zero-order chi connectivity index (χ0) is 15.7. The van der Waals surface area contributed by atoms with Crippen molar-refractivity contribution in [3.05, 3.63) is 23.8 Å². The van der Waals surface area contributed by atoms with Crippen LogP contribution in [0.2, 0.25) is 0 Å². The van der Waals surface area contributed by atoms with E-state index in [1.807, 2.05) is 6.07 Å². The Kier molecular flexibility index (Phi) is 4.23. The van der Waals surface area contributed by atoms with Crippen LogP contribution in [0.15, 0.2) is 18.2 Å². The van der Waals surface area contributed by atoms with Gasteiger partial charge in [-0.25, -0.2) is 0 Å². The second-order valence-corrected chi connectivity index (χ2v) is 5.96. The van der Waals surface area contributed by atoms with Crippen molar-refractivity contribution in [2.45, 2.75) is 32.6 Å². The largest absolute Gasteiger partial charge is 0.586 e. The van der Waals surface area contributed by atoms with Gasteiger partial charge in [0.25, 0.3) is 0 Å². The predicted octanol–water partition coefficient (Wildman–Crippen LogP) is 3.00. The lowest BCUT2D eigenvalue weighted by Gasteiger charge is -2.38. The molecule has 0 aliphatic carbocycles. The summed E-state index contributed by atoms with van der Waals surface area (Å²) in [4.78, 5) is 2.35. The number of halogens is 2. The lowest BCUT2D eigenvalue weighted by molar-refractivity contribution is -0.287. The highest BCUT2D eigenvalue weighted by Gasteiger charge is 2.46. The van der Waals surface area contributed by atoms with E-state index in [9.17, 15) is 8.78 Å². The lowest BCUT2D eigenvalue weighted by atomic mass is 9.89. The Morgan fingerprint density at radius 1 is 1.27 bits per heavy atom. The fraction of sp³-hybridized carbons (Fsp3) is 0.625. The molecular formula is C16H22F2N2O2. The summed E-state index contributed by atoms with van der Waals surface area (Å²) in [5, 5.41) is 3.33. The van der Waals surface area contributed by atoms with Crippen LogP contribution < -0.4 is 14.8 Å². The minimum Gasteiger partial charge on any atom is -0.395 e. The summed E-state index contributed by atoms with van der Waals surface area (Å²) in [6.07, 6.45) is -2.60. The van der Waals surface area contributed by atoms with Crippen LogP contribution in [0.1, 0.15) is 31.9 Å². The summed E-state index contributed by atoms with van der Waals surface area (Å²) in [5.41, 5.74) is 0.797. The number of alkyl halides is 2. The molecule has 1 fully saturated rings. The van der Waals surface area contributed by atoms with E-state index in [4.69, 9.17) is 4.74 Å². The summed E-state index contributed by atoms with van der Waals surface area (Å²) in [7, 11) is 0. The van der Waals surface area contributed by atoms with Gasteiger partial charge in [-0.3, -0.25) is 4.90 Å². The van der Waals surface area contributed by atoms with Gasteiger partial charge in [0.05, 0.1) is 0 Å². The molecule has 122 valence electrons. The zero-order valence-corrected chi connectivity index (χ0v) is 12.9. The molecule has 22 heavy (non-hydrogen) atoms. The summed E-state index contributed by atoms with van der Waals surface area (Å²) >= 11 is 0. The van der Waals surface area contributed by atoms with E-state index in [-0.39, 0.29) is 17.5 Å². The van der Waals surface area contributed by atoms with E-state index in [0.717, 1.165) is 38.2 Å². The average molecular weight is 312 g/mol. The Morgan fingerprint density at radius 3 is 2.68 bits per heavy atom. The summed E-state index contributed by atoms with van der Waals surface area (Å²) < 4.78 is 36.3. The molecule has 2 aliphatic heterocycles. The highest BCUT2D eigenvalue weighted by Crippen LogP contribution is 2.47. The molecule has 1 aromatic rings. The molecule has 2 aliphatic rings. The molecule has 4 nitrogen and oxygen atoms in total. The minimum atomic E-state index is -3.57. The molecule has 0 spiro atoms. The van der Waals surface area contributed by atoms with Crippen LogP contribution in [-0.4, -0.2) is 37.4 Å². The quantitative estimate of drug-likeness (QED) is 0.927. The maximum absolute atomic E-state index is 13.4. The Morgan fingerprint density at radius 2 is 2.00 bits per heavy atom. The third kappa shape index (κ3) is 2.90. The van der Waals surface area contributed by atoms with E-state index in [0.29, 0.717) is 5.92 Å². The van der Waals surface area contributed by atoms with E-state index in [2.05, 4.69) is 28.8 Å². The van der Waals surface area contributed by atoms with Crippen LogP contribution in [0.25, 0.3) is 0 Å². The molecule has 6 heteroatoms. The fourth-order valence-electron chi connectivity index (χ4n) is 3.27. The Balaban J connectivity index is 1.97. The van der Waals surface area contributed by atoms with E-state index in [1.165, 1.54) is 6.07 Å². The van der Waals surface area contributed by atoms with Crippen LogP contribution in [0, 0.1) is 5.92 Å². The van der Waals surface area contributed by atoms with Gasteiger partial charge < -0.3 is 14.8 Å². The Bertz CT molecular complexity index is 533. The molecule has 2 atom stereocenters. The van der Waals surface area contributed by atoms with Crippen LogP contribution >= 0.6 is 0 Å². The number of piperazine rings is 1. The molecule has 0 amide bonds. The summed E-state index contributed by atoms with van der Waals surface area (Å²) in [6, 6.07) is 5.23. The smallest absolute Gasteiger partial charge is 0.395 e. The number of nitrogens with zero attached hydrogens (tertiary/aromatic N) is 1. The van der Waals surface area contributed by atoms with E-state index >= 15 is 0 Å². The van der Waals surface area contributed by atoms with Gasteiger partial charge in [-0.05, 0) is 12.0 Å². The normalized spacial score (nSPS) is 23.3. The molecule has 0 radical (unpaired) electrons. The first-order valence-corrected chi connectivity index (χ1v) is 7.85. The molecule has 2 heterocycles. The minimum absolute atomic E-state index is 0.0551. The van der Waals surface area contributed by atoms with Crippen molar-refractivity contribution in [1.82, 2.24) is 10.2 Å². The summed E-state index contributed by atoms with van der Waals surface area (Å²) in [6.45, 7) is 7.89. The molecule has 3 rings (SSSR count). The first-order chi connectivity index (χ1) is 10.5. The van der Waals surface area contributed by atoms with Crippen molar-refractivity contribution in [2.24, 2.45) is 5.92 Å². The highest BCUT2D eigenvalue weighted by molar-refractivity contribution is 5.50. The number of fused-ring (bicyclic) bond motifs is 1. The van der Waals surface area contributed by atoms with Crippen molar-refractivity contribution in [3.8, 4) is 11.5 Å². The number of rotatable bonds is 4. The van der Waals surface area contributed by atoms with Crippen LogP contribution in [-0.2, 0) is 0 Å². The van der Waals surface area contributed by atoms with Crippen molar-refractivity contribution in [1.29, 1.82) is 0 Å². The van der Waals surface area contributed by atoms with Crippen LogP contribution in [0.5, 0.6) is 11.5 Å². The SMILES string of the molecule is CCC(C)[C@@H](c1cccc2c1OC(F)(F)O2)N1CCNCC1. The highest BCUT2D eigenvalue weighted by atomic mass is 19.3. The second-order valence-electron chi connectivity index (χ2n) is 5.96. The van der Waals surface area contributed by atoms with Crippen LogP contribution in [0.4, 0.5) is 8.78 Å². The molecule has 1 N–H and O–H groups in total. The standard InChI is InChI=1S/C16H22F2N2O2/c1-3-11(2)14(20-9-7-19-8-10-20)12-5-4-6-13-15(12)22-16(17,18)21-13/h4-6,11,14,19H,3,7-10H2,1-2H3/t11?,14-/m0/s1. The molecule has 1 saturated heterocycles. The van der Waals surface area contributed by atoms with Gasteiger partial charge >= 0.3 is 6.29 Å². The lowest BCUT2D eigenvalue weighted by Crippen LogP contribution is -2.46. The first kappa shape index (κ1) is 15.5. The Labute approximate surface area is 129 Å². The molecular weight excluding hydrogens is 290 g/mol. The van der Waals surface area contributed by atoms with Gasteiger partial charge in [0.15, 0.2) is 11.5 Å². The third-order valence-corrected chi connectivity index (χ3v) is 4.51. The third-order valence-electron chi connectivity index (χ3n) is 4.51. The predicted molar refractivity (Wildman–Crippen MR) is 79.3 cm³/mol. The Hall–Kier alpha value is -1.40. The average Bonchev–Trinajstić information content (AvgIpc) is 2.83. The molecule has 0 aromatic heterocycles. The summed E-state index contributed by atoms with van der Waals surface area (Å²) in [5.74, 6) is 0.657. The number of nitrogens with one attached hydrogen (secondary N) is 1. The molecule has 1 aromatic carbocycles. The van der Waals surface area contributed by atoms with E-state index in [1.54, 1.807) is 6.07 Å². The van der Waals surface area contributed by atoms with E-state index < -0.39 is 6.29 Å². The second kappa shape index (κ2) is 6.01. The number of ether oxygens (including phenoxy) is 2. The van der Waals surface area contributed by atoms with Crippen molar-refractivity contribution >= 4 is 0 Å². The number of hydrogen-bond donors (Lipinski definition) is 1. The number of hydrogen-bond acceptors (Lipinski definition) is 4. The molecule has 1 unspecified atom stereocenters. The van der Waals surface area contributed by atoms with Crippen molar-refractivity contribution in [3.63, 3.8) is 0 Å². The maximum atomic E-state index is 13.4.